The Morgan fingerprint density at radius 1 is 1.06 bits per heavy atom. The maximum absolute atomic E-state index is 12.9. The maximum atomic E-state index is 12.9. The Labute approximate surface area is 207 Å². The highest BCUT2D eigenvalue weighted by atomic mass is 32.2. The van der Waals surface area contributed by atoms with Crippen molar-refractivity contribution in [2.75, 3.05) is 25.4 Å². The van der Waals surface area contributed by atoms with E-state index in [1.165, 1.54) is 12.0 Å². The second-order valence-electron chi connectivity index (χ2n) is 9.88. The van der Waals surface area contributed by atoms with E-state index in [0.717, 1.165) is 53.3 Å². The van der Waals surface area contributed by atoms with Gasteiger partial charge in [-0.3, -0.25) is 4.79 Å². The van der Waals surface area contributed by atoms with E-state index < -0.39 is 10.0 Å². The molecule has 0 unspecified atom stereocenters. The van der Waals surface area contributed by atoms with Gasteiger partial charge >= 0.3 is 0 Å². The molecule has 2 aromatic carbocycles. The van der Waals surface area contributed by atoms with Crippen LogP contribution in [0.15, 0.2) is 48.7 Å². The number of carbonyl (C=O) groups excluding carboxylic acids is 1. The van der Waals surface area contributed by atoms with Crippen LogP contribution in [0, 0.1) is 0 Å². The van der Waals surface area contributed by atoms with Gasteiger partial charge in [-0.25, -0.2) is 12.7 Å². The van der Waals surface area contributed by atoms with E-state index in [0.29, 0.717) is 25.7 Å². The second kappa shape index (κ2) is 10.1. The van der Waals surface area contributed by atoms with Gasteiger partial charge in [-0.1, -0.05) is 36.8 Å². The molecule has 1 amide bonds. The molecule has 1 aliphatic heterocycles. The first-order chi connectivity index (χ1) is 16.9. The van der Waals surface area contributed by atoms with Crippen molar-refractivity contribution in [3.05, 3.63) is 59.8 Å². The number of fused-ring (bicyclic) bond motifs is 1. The minimum Gasteiger partial charge on any atom is -0.369 e. The van der Waals surface area contributed by atoms with E-state index in [9.17, 15) is 13.2 Å². The van der Waals surface area contributed by atoms with E-state index in [1.807, 2.05) is 30.5 Å². The van der Waals surface area contributed by atoms with Crippen molar-refractivity contribution < 1.29 is 13.2 Å². The van der Waals surface area contributed by atoms with E-state index in [2.05, 4.69) is 28.5 Å². The van der Waals surface area contributed by atoms with Crippen LogP contribution in [-0.2, 0) is 21.2 Å². The number of amides is 1. The van der Waals surface area contributed by atoms with Gasteiger partial charge in [0.25, 0.3) is 0 Å². The van der Waals surface area contributed by atoms with E-state index in [-0.39, 0.29) is 24.0 Å². The first-order valence-electron chi connectivity index (χ1n) is 12.6. The molecule has 35 heavy (non-hydrogen) atoms. The van der Waals surface area contributed by atoms with Crippen LogP contribution in [0.2, 0.25) is 0 Å². The van der Waals surface area contributed by atoms with Crippen molar-refractivity contribution >= 4 is 26.8 Å². The van der Waals surface area contributed by atoms with Crippen LogP contribution in [0.5, 0.6) is 0 Å². The van der Waals surface area contributed by atoms with Gasteiger partial charge in [0.2, 0.25) is 15.9 Å². The van der Waals surface area contributed by atoms with Gasteiger partial charge in [0.15, 0.2) is 0 Å². The van der Waals surface area contributed by atoms with E-state index in [1.54, 1.807) is 4.31 Å². The van der Waals surface area contributed by atoms with E-state index >= 15 is 0 Å². The Balaban J connectivity index is 1.34. The molecule has 8 heteroatoms. The van der Waals surface area contributed by atoms with Crippen LogP contribution < -0.4 is 11.1 Å². The van der Waals surface area contributed by atoms with Crippen molar-refractivity contribution in [1.29, 1.82) is 0 Å². The van der Waals surface area contributed by atoms with Gasteiger partial charge in [0.05, 0.1) is 12.2 Å². The third-order valence-corrected chi connectivity index (χ3v) is 9.43. The molecule has 1 aromatic heterocycles. The molecule has 2 heterocycles. The monoisotopic (exact) mass is 494 g/mol. The Hall–Kier alpha value is -2.68. The highest BCUT2D eigenvalue weighted by Crippen LogP contribution is 2.37. The number of nitrogens with one attached hydrogen (secondary N) is 2. The van der Waals surface area contributed by atoms with Crippen molar-refractivity contribution in [1.82, 2.24) is 14.6 Å². The number of hydrogen-bond acceptors (Lipinski definition) is 4. The molecule has 4 N–H and O–H groups in total. The summed E-state index contributed by atoms with van der Waals surface area (Å²) in [5.41, 5.74) is 10.7. The largest absolute Gasteiger partial charge is 0.369 e. The number of H-pyrrole nitrogens is 1. The van der Waals surface area contributed by atoms with Crippen LogP contribution in [0.3, 0.4) is 0 Å². The van der Waals surface area contributed by atoms with E-state index in [4.69, 9.17) is 5.73 Å². The first-order valence-corrected chi connectivity index (χ1v) is 14.2. The molecule has 3 aromatic rings. The molecule has 186 valence electrons. The SMILES string of the molecule is NC(=O)Cc1cc(-c2ccccc2)cc2c(C3CCN(S(=O)(=O)CCNC4CCC4)CC3)c[nH]c12. The van der Waals surface area contributed by atoms with Crippen molar-refractivity contribution in [3.63, 3.8) is 0 Å². The summed E-state index contributed by atoms with van der Waals surface area (Å²) in [6.07, 6.45) is 7.31. The van der Waals surface area contributed by atoms with Gasteiger partial charge in [-0.05, 0) is 66.0 Å². The predicted molar refractivity (Wildman–Crippen MR) is 140 cm³/mol. The summed E-state index contributed by atoms with van der Waals surface area (Å²) in [6.45, 7) is 1.60. The maximum Gasteiger partial charge on any atom is 0.221 e. The third kappa shape index (κ3) is 5.29. The van der Waals surface area contributed by atoms with Crippen LogP contribution in [-0.4, -0.2) is 55.0 Å². The summed E-state index contributed by atoms with van der Waals surface area (Å²) < 4.78 is 27.4. The van der Waals surface area contributed by atoms with Gasteiger partial charge in [0, 0.05) is 42.8 Å². The molecule has 2 aliphatic rings. The lowest BCUT2D eigenvalue weighted by Gasteiger charge is -2.32. The second-order valence-corrected chi connectivity index (χ2v) is 12.0. The smallest absolute Gasteiger partial charge is 0.221 e. The Kier molecular flexibility index (Phi) is 6.95. The normalized spacial score (nSPS) is 18.1. The summed E-state index contributed by atoms with van der Waals surface area (Å²) in [4.78, 5) is 15.2. The topological polar surface area (TPSA) is 108 Å². The zero-order valence-corrected chi connectivity index (χ0v) is 20.8. The number of piperidine rings is 1. The number of carbonyl (C=O) groups is 1. The fraction of sp³-hybridized carbons (Fsp3) is 0.444. The molecule has 7 nitrogen and oxygen atoms in total. The Morgan fingerprint density at radius 3 is 2.46 bits per heavy atom. The van der Waals surface area contributed by atoms with Gasteiger partial charge in [-0.2, -0.15) is 0 Å². The molecule has 0 atom stereocenters. The third-order valence-electron chi connectivity index (χ3n) is 7.56. The van der Waals surface area contributed by atoms with Crippen molar-refractivity contribution in [2.24, 2.45) is 5.73 Å². The number of nitrogens with zero attached hydrogens (tertiary/aromatic N) is 1. The van der Waals surface area contributed by atoms with Crippen LogP contribution in [0.4, 0.5) is 0 Å². The van der Waals surface area contributed by atoms with Crippen LogP contribution in [0.25, 0.3) is 22.0 Å². The number of rotatable bonds is 9. The summed E-state index contributed by atoms with van der Waals surface area (Å²) in [6, 6.07) is 14.8. The molecule has 1 saturated heterocycles. The fourth-order valence-corrected chi connectivity index (χ4v) is 6.77. The predicted octanol–water partition coefficient (Wildman–Crippen LogP) is 3.51. The average molecular weight is 495 g/mol. The molecule has 0 radical (unpaired) electrons. The minimum atomic E-state index is -3.25. The summed E-state index contributed by atoms with van der Waals surface area (Å²) >= 11 is 0. The Morgan fingerprint density at radius 2 is 1.80 bits per heavy atom. The molecule has 0 spiro atoms. The summed E-state index contributed by atoms with van der Waals surface area (Å²) in [5.74, 6) is 0.0618. The van der Waals surface area contributed by atoms with Crippen molar-refractivity contribution in [2.45, 2.75) is 50.5 Å². The lowest BCUT2D eigenvalue weighted by atomic mass is 9.88. The Bertz CT molecular complexity index is 1290. The van der Waals surface area contributed by atoms with Gasteiger partial charge in [0.1, 0.15) is 0 Å². The summed E-state index contributed by atoms with van der Waals surface area (Å²) in [5, 5.41) is 4.45. The molecular weight excluding hydrogens is 460 g/mol. The lowest BCUT2D eigenvalue weighted by molar-refractivity contribution is -0.117. The molecule has 5 rings (SSSR count). The number of aromatic amines is 1. The average Bonchev–Trinajstić information content (AvgIpc) is 3.25. The number of sulfonamides is 1. The lowest BCUT2D eigenvalue weighted by Crippen LogP contribution is -2.43. The molecule has 2 fully saturated rings. The number of nitrogens with two attached hydrogens (primary N) is 1. The molecule has 0 bridgehead atoms. The molecule has 1 aliphatic carbocycles. The molecular formula is C27H34N4O3S. The highest BCUT2D eigenvalue weighted by molar-refractivity contribution is 7.89. The van der Waals surface area contributed by atoms with Crippen LogP contribution in [0.1, 0.15) is 49.1 Å². The van der Waals surface area contributed by atoms with Crippen molar-refractivity contribution in [3.8, 4) is 11.1 Å². The molecule has 1 saturated carbocycles. The number of benzene rings is 2. The quantitative estimate of drug-likeness (QED) is 0.423. The summed E-state index contributed by atoms with van der Waals surface area (Å²) in [7, 11) is -3.25. The zero-order chi connectivity index (χ0) is 24.4. The first kappa shape index (κ1) is 24.0. The van der Waals surface area contributed by atoms with Crippen LogP contribution >= 0.6 is 0 Å². The van der Waals surface area contributed by atoms with Gasteiger partial charge in [-0.15, -0.1) is 0 Å². The minimum absolute atomic E-state index is 0.165. The fourth-order valence-electron chi connectivity index (χ4n) is 5.37. The van der Waals surface area contributed by atoms with Gasteiger partial charge < -0.3 is 16.0 Å². The highest BCUT2D eigenvalue weighted by Gasteiger charge is 2.30. The zero-order valence-electron chi connectivity index (χ0n) is 20.0. The number of hydrogen-bond donors (Lipinski definition) is 3. The standard InChI is InChI=1S/C27H34N4O3S/c28-26(32)17-22-15-21(19-5-2-1-3-6-19)16-24-25(18-30-27(22)24)20-9-12-31(13-10-20)35(33,34)14-11-29-23-7-4-8-23/h1-3,5-6,15-16,18,20,23,29-30H,4,7-14,17H2,(H2,28,32). The number of primary amides is 1. The number of aromatic nitrogens is 1.